The number of benzene rings is 2. The Balaban J connectivity index is 2.36. The number of carbonyl (C=O) groups is 2. The lowest BCUT2D eigenvalue weighted by atomic mass is 10.1. The number of nitrogens with one attached hydrogen (secondary N) is 2. The van der Waals surface area contributed by atoms with E-state index in [0.29, 0.717) is 22.7 Å². The third kappa shape index (κ3) is 5.34. The predicted molar refractivity (Wildman–Crippen MR) is 106 cm³/mol. The Morgan fingerprint density at radius 2 is 1.67 bits per heavy atom. The zero-order valence-corrected chi connectivity index (χ0v) is 16.2. The van der Waals surface area contributed by atoms with Gasteiger partial charge in [-0.1, -0.05) is 18.2 Å². The van der Waals surface area contributed by atoms with E-state index in [1.807, 2.05) is 32.0 Å². The van der Waals surface area contributed by atoms with Crippen molar-refractivity contribution in [2.75, 3.05) is 19.5 Å². The zero-order valence-electron chi connectivity index (χ0n) is 16.2. The number of methoxy groups -OCH3 is 2. The summed E-state index contributed by atoms with van der Waals surface area (Å²) in [4.78, 5) is 24.3. The third-order valence-electron chi connectivity index (χ3n) is 3.92. The first-order valence-electron chi connectivity index (χ1n) is 8.44. The van der Waals surface area contributed by atoms with Gasteiger partial charge in [-0.2, -0.15) is 0 Å². The van der Waals surface area contributed by atoms with Crippen molar-refractivity contribution in [3.05, 3.63) is 58.8 Å². The van der Waals surface area contributed by atoms with E-state index in [0.717, 1.165) is 11.1 Å². The molecule has 0 fully saturated rings. The van der Waals surface area contributed by atoms with Gasteiger partial charge in [0.05, 0.1) is 14.2 Å². The molecule has 27 heavy (non-hydrogen) atoms. The smallest absolute Gasteiger partial charge is 0.272 e. The molecule has 0 spiro atoms. The molecule has 6 nitrogen and oxygen atoms in total. The molecule has 0 unspecified atom stereocenters. The number of aryl methyl sites for hydroxylation is 2. The molecule has 0 aliphatic rings. The number of anilines is 1. The van der Waals surface area contributed by atoms with Gasteiger partial charge in [0, 0.05) is 12.6 Å². The van der Waals surface area contributed by atoms with Gasteiger partial charge in [-0.15, -0.1) is 0 Å². The minimum atomic E-state index is -0.409. The molecule has 0 aliphatic heterocycles. The number of carbonyl (C=O) groups excluding carboxylic acids is 2. The van der Waals surface area contributed by atoms with E-state index in [9.17, 15) is 9.59 Å². The second kappa shape index (κ2) is 8.89. The highest BCUT2D eigenvalue weighted by Crippen LogP contribution is 2.28. The number of hydrogen-bond donors (Lipinski definition) is 2. The van der Waals surface area contributed by atoms with Crippen LogP contribution in [0.1, 0.15) is 23.6 Å². The van der Waals surface area contributed by atoms with E-state index < -0.39 is 5.91 Å². The van der Waals surface area contributed by atoms with Gasteiger partial charge < -0.3 is 20.1 Å². The van der Waals surface area contributed by atoms with Crippen molar-refractivity contribution in [3.8, 4) is 11.5 Å². The van der Waals surface area contributed by atoms with Crippen molar-refractivity contribution in [2.24, 2.45) is 0 Å². The average molecular weight is 368 g/mol. The lowest BCUT2D eigenvalue weighted by Crippen LogP contribution is -2.29. The van der Waals surface area contributed by atoms with Crippen molar-refractivity contribution in [1.82, 2.24) is 5.32 Å². The molecule has 0 aromatic heterocycles. The Hall–Kier alpha value is -3.28. The first kappa shape index (κ1) is 20.0. The summed E-state index contributed by atoms with van der Waals surface area (Å²) >= 11 is 0. The Morgan fingerprint density at radius 3 is 2.30 bits per heavy atom. The molecule has 2 N–H and O–H groups in total. The number of ether oxygens (including phenoxy) is 2. The third-order valence-corrected chi connectivity index (χ3v) is 3.92. The average Bonchev–Trinajstić information content (AvgIpc) is 2.63. The van der Waals surface area contributed by atoms with E-state index in [4.69, 9.17) is 9.47 Å². The van der Waals surface area contributed by atoms with Gasteiger partial charge in [0.1, 0.15) is 5.70 Å². The van der Waals surface area contributed by atoms with Crippen LogP contribution >= 0.6 is 0 Å². The maximum atomic E-state index is 12.7. The van der Waals surface area contributed by atoms with Gasteiger partial charge in [-0.25, -0.2) is 0 Å². The first-order chi connectivity index (χ1) is 12.8. The molecule has 0 saturated carbocycles. The molecular formula is C21H24N2O4. The minimum absolute atomic E-state index is 0.135. The quantitative estimate of drug-likeness (QED) is 0.766. The van der Waals surface area contributed by atoms with Crippen LogP contribution in [0.3, 0.4) is 0 Å². The number of rotatable bonds is 6. The zero-order chi connectivity index (χ0) is 20.0. The fraction of sp³-hybridized carbons (Fsp3) is 0.238. The topological polar surface area (TPSA) is 76.7 Å². The van der Waals surface area contributed by atoms with Crippen molar-refractivity contribution in [1.29, 1.82) is 0 Å². The number of hydrogen-bond acceptors (Lipinski definition) is 4. The van der Waals surface area contributed by atoms with Crippen LogP contribution in [-0.2, 0) is 9.59 Å². The van der Waals surface area contributed by atoms with E-state index in [-0.39, 0.29) is 11.6 Å². The van der Waals surface area contributed by atoms with Crippen molar-refractivity contribution in [2.45, 2.75) is 20.8 Å². The van der Waals surface area contributed by atoms with Crippen molar-refractivity contribution in [3.63, 3.8) is 0 Å². The van der Waals surface area contributed by atoms with E-state index in [1.54, 1.807) is 31.4 Å². The lowest BCUT2D eigenvalue weighted by Gasteiger charge is -2.13. The van der Waals surface area contributed by atoms with Gasteiger partial charge in [-0.05, 0) is 54.8 Å². The van der Waals surface area contributed by atoms with Gasteiger partial charge in [-0.3, -0.25) is 9.59 Å². The number of amides is 2. The molecule has 0 aliphatic carbocycles. The van der Waals surface area contributed by atoms with Crippen molar-refractivity contribution >= 4 is 23.6 Å². The summed E-state index contributed by atoms with van der Waals surface area (Å²) in [6, 6.07) is 11.0. The minimum Gasteiger partial charge on any atom is -0.493 e. The van der Waals surface area contributed by atoms with Crippen LogP contribution in [-0.4, -0.2) is 26.0 Å². The van der Waals surface area contributed by atoms with E-state index in [2.05, 4.69) is 10.6 Å². The molecule has 0 bridgehead atoms. The highest BCUT2D eigenvalue weighted by molar-refractivity contribution is 6.08. The molecule has 0 heterocycles. The highest BCUT2D eigenvalue weighted by atomic mass is 16.5. The molecule has 2 aromatic carbocycles. The summed E-state index contributed by atoms with van der Waals surface area (Å²) in [6.07, 6.45) is 1.59. The van der Waals surface area contributed by atoms with Crippen LogP contribution in [0.4, 0.5) is 5.69 Å². The molecule has 0 atom stereocenters. The summed E-state index contributed by atoms with van der Waals surface area (Å²) in [6.45, 7) is 5.21. The molecule has 6 heteroatoms. The molecule has 2 amide bonds. The molecule has 0 saturated heterocycles. The maximum Gasteiger partial charge on any atom is 0.272 e. The summed E-state index contributed by atoms with van der Waals surface area (Å²) in [5.41, 5.74) is 3.48. The maximum absolute atomic E-state index is 12.7. The van der Waals surface area contributed by atoms with Gasteiger partial charge in [0.2, 0.25) is 5.91 Å². The summed E-state index contributed by atoms with van der Waals surface area (Å²) in [7, 11) is 3.08. The molecule has 2 aromatic rings. The van der Waals surface area contributed by atoms with Crippen LogP contribution in [0.5, 0.6) is 11.5 Å². The molecule has 142 valence electrons. The Kier molecular flexibility index (Phi) is 6.60. The van der Waals surface area contributed by atoms with Crippen LogP contribution < -0.4 is 20.1 Å². The van der Waals surface area contributed by atoms with E-state index in [1.165, 1.54) is 14.0 Å². The normalized spacial score (nSPS) is 10.9. The van der Waals surface area contributed by atoms with Crippen LogP contribution in [0, 0.1) is 13.8 Å². The Bertz CT molecular complexity index is 888. The molecule has 0 radical (unpaired) electrons. The fourth-order valence-corrected chi connectivity index (χ4v) is 2.52. The monoisotopic (exact) mass is 368 g/mol. The standard InChI is InChI=1S/C21H24N2O4/c1-13-6-7-14(2)17(10-13)23-21(25)18(22-15(3)24)11-16-8-9-19(26-4)20(12-16)27-5/h6-12H,1-5H3,(H,22,24)(H,23,25)/b18-11-. The Labute approximate surface area is 159 Å². The van der Waals surface area contributed by atoms with Gasteiger partial charge in [0.25, 0.3) is 5.91 Å². The summed E-state index contributed by atoms with van der Waals surface area (Å²) < 4.78 is 10.5. The second-order valence-electron chi connectivity index (χ2n) is 6.13. The van der Waals surface area contributed by atoms with Crippen LogP contribution in [0.2, 0.25) is 0 Å². The molecular weight excluding hydrogens is 344 g/mol. The van der Waals surface area contributed by atoms with Crippen LogP contribution in [0.15, 0.2) is 42.1 Å². The first-order valence-corrected chi connectivity index (χ1v) is 8.44. The highest BCUT2D eigenvalue weighted by Gasteiger charge is 2.14. The molecule has 2 rings (SSSR count). The van der Waals surface area contributed by atoms with Crippen molar-refractivity contribution < 1.29 is 19.1 Å². The van der Waals surface area contributed by atoms with Gasteiger partial charge >= 0.3 is 0 Å². The predicted octanol–water partition coefficient (Wildman–Crippen LogP) is 3.44. The Morgan fingerprint density at radius 1 is 0.963 bits per heavy atom. The largest absolute Gasteiger partial charge is 0.493 e. The van der Waals surface area contributed by atoms with Crippen LogP contribution in [0.25, 0.3) is 6.08 Å². The van der Waals surface area contributed by atoms with E-state index >= 15 is 0 Å². The summed E-state index contributed by atoms with van der Waals surface area (Å²) in [5.74, 6) is 0.366. The SMILES string of the molecule is COc1ccc(/C=C(\NC(C)=O)C(=O)Nc2cc(C)ccc2C)cc1OC. The van der Waals surface area contributed by atoms with Gasteiger partial charge in [0.15, 0.2) is 11.5 Å². The summed E-state index contributed by atoms with van der Waals surface area (Å²) in [5, 5.41) is 5.44. The second-order valence-corrected chi connectivity index (χ2v) is 6.13. The fourth-order valence-electron chi connectivity index (χ4n) is 2.52. The lowest BCUT2D eigenvalue weighted by molar-refractivity contribution is -0.120.